The molecule has 1 aliphatic heterocycles. The molecule has 198 valence electrons. The number of piperazine rings is 1. The predicted molar refractivity (Wildman–Crippen MR) is 156 cm³/mol. The van der Waals surface area contributed by atoms with Gasteiger partial charge in [0.25, 0.3) is 5.91 Å². The first kappa shape index (κ1) is 25.2. The number of anilines is 1. The van der Waals surface area contributed by atoms with Gasteiger partial charge in [-0.2, -0.15) is 5.26 Å². The Morgan fingerprint density at radius 2 is 1.97 bits per heavy atom. The van der Waals surface area contributed by atoms with Gasteiger partial charge in [0, 0.05) is 59.2 Å². The normalized spacial score (nSPS) is 14.2. The summed E-state index contributed by atoms with van der Waals surface area (Å²) >= 11 is 1.62. The van der Waals surface area contributed by atoms with E-state index in [1.807, 2.05) is 47.8 Å². The number of aromatic nitrogens is 1. The lowest BCUT2D eigenvalue weighted by molar-refractivity contribution is 0.0925. The van der Waals surface area contributed by atoms with Gasteiger partial charge >= 0.3 is 0 Å². The number of nitrogens with zero attached hydrogens (tertiary/aromatic N) is 3. The molecule has 6 rings (SSSR count). The van der Waals surface area contributed by atoms with Crippen LogP contribution in [-0.2, 0) is 13.0 Å². The Morgan fingerprint density at radius 1 is 1.08 bits per heavy atom. The van der Waals surface area contributed by atoms with E-state index >= 15 is 0 Å². The van der Waals surface area contributed by atoms with Crippen LogP contribution < -0.4 is 10.2 Å². The molecule has 7 nitrogen and oxygen atoms in total. The second-order valence-corrected chi connectivity index (χ2v) is 11.1. The molecule has 2 N–H and O–H groups in total. The van der Waals surface area contributed by atoms with Gasteiger partial charge < -0.3 is 19.6 Å². The number of nitriles is 1. The summed E-state index contributed by atoms with van der Waals surface area (Å²) in [6, 6.07) is 20.1. The number of H-pyrrole nitrogens is 1. The standard InChI is InChI=1S/C31H31N5O2S/c32-19-22-6-8-28-27(16-22)23(20-33-28)4-1-2-10-35-11-13-36(14-12-35)25-7-9-29-24(17-25)18-30(38-29)31(37)34-21-26-5-3-15-39-26/h3,5-9,15-18,20,33H,1-2,4,10-14,21H2,(H,34,37). The molecule has 0 spiro atoms. The molecule has 0 unspecified atom stereocenters. The van der Waals surface area contributed by atoms with Gasteiger partial charge in [-0.1, -0.05) is 6.07 Å². The maximum Gasteiger partial charge on any atom is 0.287 e. The van der Waals surface area contributed by atoms with Crippen molar-refractivity contribution in [3.63, 3.8) is 0 Å². The Kier molecular flexibility index (Phi) is 7.35. The van der Waals surface area contributed by atoms with Crippen molar-refractivity contribution in [2.75, 3.05) is 37.6 Å². The monoisotopic (exact) mass is 537 g/mol. The fourth-order valence-corrected chi connectivity index (χ4v) is 5.99. The minimum atomic E-state index is -0.189. The summed E-state index contributed by atoms with van der Waals surface area (Å²) in [5.41, 5.74) is 5.01. The molecule has 8 heteroatoms. The number of thiophene rings is 1. The molecule has 0 atom stereocenters. The third-order valence-corrected chi connectivity index (χ3v) is 8.41. The van der Waals surface area contributed by atoms with E-state index in [0.29, 0.717) is 17.9 Å². The molecule has 1 aliphatic rings. The number of hydrogen-bond donors (Lipinski definition) is 2. The smallest absolute Gasteiger partial charge is 0.287 e. The van der Waals surface area contributed by atoms with Gasteiger partial charge in [-0.05, 0) is 85.3 Å². The van der Waals surface area contributed by atoms with E-state index in [1.165, 1.54) is 16.6 Å². The number of hydrogen-bond acceptors (Lipinski definition) is 6. The lowest BCUT2D eigenvalue weighted by Gasteiger charge is -2.36. The highest BCUT2D eigenvalue weighted by Crippen LogP contribution is 2.27. The third-order valence-electron chi connectivity index (χ3n) is 7.53. The first-order valence-corrected chi connectivity index (χ1v) is 14.4. The minimum absolute atomic E-state index is 0.189. The Hall–Kier alpha value is -4.06. The van der Waals surface area contributed by atoms with Crippen molar-refractivity contribution >= 4 is 44.8 Å². The number of unbranched alkanes of at least 4 members (excludes halogenated alkanes) is 1. The zero-order valence-corrected chi connectivity index (χ0v) is 22.6. The molecule has 4 heterocycles. The van der Waals surface area contributed by atoms with Crippen molar-refractivity contribution in [3.8, 4) is 6.07 Å². The van der Waals surface area contributed by atoms with E-state index in [-0.39, 0.29) is 5.91 Å². The number of furan rings is 1. The summed E-state index contributed by atoms with van der Waals surface area (Å²) in [4.78, 5) is 22.0. The highest BCUT2D eigenvalue weighted by molar-refractivity contribution is 7.09. The fraction of sp³-hybridized carbons (Fsp3) is 0.290. The second-order valence-electron chi connectivity index (χ2n) is 10.1. The van der Waals surface area contributed by atoms with E-state index in [9.17, 15) is 10.1 Å². The summed E-state index contributed by atoms with van der Waals surface area (Å²) < 4.78 is 5.82. The van der Waals surface area contributed by atoms with E-state index in [2.05, 4.69) is 44.5 Å². The fourth-order valence-electron chi connectivity index (χ4n) is 5.34. The Balaban J connectivity index is 0.977. The van der Waals surface area contributed by atoms with Crippen LogP contribution in [0.2, 0.25) is 0 Å². The highest BCUT2D eigenvalue weighted by atomic mass is 32.1. The number of amides is 1. The van der Waals surface area contributed by atoms with Crippen LogP contribution in [0.15, 0.2) is 70.6 Å². The van der Waals surface area contributed by atoms with Crippen LogP contribution >= 0.6 is 11.3 Å². The van der Waals surface area contributed by atoms with E-state index in [4.69, 9.17) is 4.42 Å². The van der Waals surface area contributed by atoms with Crippen molar-refractivity contribution in [2.45, 2.75) is 25.8 Å². The van der Waals surface area contributed by atoms with Crippen molar-refractivity contribution in [3.05, 3.63) is 87.9 Å². The van der Waals surface area contributed by atoms with Gasteiger partial charge in [0.05, 0.1) is 18.2 Å². The highest BCUT2D eigenvalue weighted by Gasteiger charge is 2.19. The zero-order valence-electron chi connectivity index (χ0n) is 21.8. The van der Waals surface area contributed by atoms with Crippen LogP contribution in [0.4, 0.5) is 5.69 Å². The molecule has 39 heavy (non-hydrogen) atoms. The maximum absolute atomic E-state index is 12.6. The summed E-state index contributed by atoms with van der Waals surface area (Å²) in [5, 5.41) is 16.3. The molecule has 0 saturated carbocycles. The van der Waals surface area contributed by atoms with E-state index < -0.39 is 0 Å². The van der Waals surface area contributed by atoms with Gasteiger partial charge in [0.2, 0.25) is 0 Å². The summed E-state index contributed by atoms with van der Waals surface area (Å²) in [6.45, 7) is 5.66. The average molecular weight is 538 g/mol. The maximum atomic E-state index is 12.6. The molecular weight excluding hydrogens is 506 g/mol. The zero-order chi connectivity index (χ0) is 26.6. The number of aromatic amines is 1. The Morgan fingerprint density at radius 3 is 2.79 bits per heavy atom. The van der Waals surface area contributed by atoms with Gasteiger partial charge in [-0.3, -0.25) is 9.69 Å². The number of benzene rings is 2. The van der Waals surface area contributed by atoms with E-state index in [0.717, 1.165) is 73.3 Å². The molecule has 0 bridgehead atoms. The molecule has 3 aromatic heterocycles. The molecule has 2 aromatic carbocycles. The summed E-state index contributed by atoms with van der Waals surface area (Å²) in [5.74, 6) is 0.160. The lowest BCUT2D eigenvalue weighted by atomic mass is 10.1. The van der Waals surface area contributed by atoms with Crippen molar-refractivity contribution < 1.29 is 9.21 Å². The largest absolute Gasteiger partial charge is 0.451 e. The molecule has 5 aromatic rings. The summed E-state index contributed by atoms with van der Waals surface area (Å²) in [7, 11) is 0. The number of carbonyl (C=O) groups is 1. The number of nitrogens with one attached hydrogen (secondary N) is 2. The number of fused-ring (bicyclic) bond motifs is 2. The number of aryl methyl sites for hydroxylation is 1. The quantitative estimate of drug-likeness (QED) is 0.228. The first-order chi connectivity index (χ1) is 19.2. The first-order valence-electron chi connectivity index (χ1n) is 13.5. The van der Waals surface area contributed by atoms with Crippen LogP contribution in [0.1, 0.15) is 39.4 Å². The van der Waals surface area contributed by atoms with Crippen LogP contribution in [-0.4, -0.2) is 48.5 Å². The molecule has 1 fully saturated rings. The number of carbonyl (C=O) groups excluding carboxylic acids is 1. The third kappa shape index (κ3) is 5.70. The second kappa shape index (κ2) is 11.4. The average Bonchev–Trinajstić information content (AvgIpc) is 3.74. The van der Waals surface area contributed by atoms with Gasteiger partial charge in [-0.25, -0.2) is 0 Å². The molecular formula is C31H31N5O2S. The van der Waals surface area contributed by atoms with E-state index in [1.54, 1.807) is 11.3 Å². The van der Waals surface area contributed by atoms with Gasteiger partial charge in [0.1, 0.15) is 5.58 Å². The summed E-state index contributed by atoms with van der Waals surface area (Å²) in [6.07, 6.45) is 5.39. The van der Waals surface area contributed by atoms with Gasteiger partial charge in [0.15, 0.2) is 5.76 Å². The van der Waals surface area contributed by atoms with Gasteiger partial charge in [-0.15, -0.1) is 11.3 Å². The van der Waals surface area contributed by atoms with Crippen molar-refractivity contribution in [1.82, 2.24) is 15.2 Å². The number of rotatable bonds is 9. The van der Waals surface area contributed by atoms with Crippen molar-refractivity contribution in [1.29, 1.82) is 5.26 Å². The predicted octanol–water partition coefficient (Wildman–Crippen LogP) is 5.92. The lowest BCUT2D eigenvalue weighted by Crippen LogP contribution is -2.46. The Labute approximate surface area is 231 Å². The molecule has 1 saturated heterocycles. The molecule has 0 aliphatic carbocycles. The molecule has 1 amide bonds. The van der Waals surface area contributed by atoms with Crippen LogP contribution in [0.5, 0.6) is 0 Å². The van der Waals surface area contributed by atoms with Crippen LogP contribution in [0.25, 0.3) is 21.9 Å². The minimum Gasteiger partial charge on any atom is -0.451 e. The molecule has 0 radical (unpaired) electrons. The Bertz CT molecular complexity index is 1620. The topological polar surface area (TPSA) is 88.3 Å². The SMILES string of the molecule is N#Cc1ccc2[nH]cc(CCCCN3CCN(c4ccc5oc(C(=O)NCc6cccs6)cc5c4)CC3)c2c1. The van der Waals surface area contributed by atoms with Crippen LogP contribution in [0.3, 0.4) is 0 Å². The van der Waals surface area contributed by atoms with Crippen LogP contribution in [0, 0.1) is 11.3 Å². The van der Waals surface area contributed by atoms with Crippen molar-refractivity contribution in [2.24, 2.45) is 0 Å².